The zero-order chi connectivity index (χ0) is 50.2. The summed E-state index contributed by atoms with van der Waals surface area (Å²) in [6.07, 6.45) is 16.8. The summed E-state index contributed by atoms with van der Waals surface area (Å²) >= 11 is 0. The molecule has 390 valence electrons. The van der Waals surface area contributed by atoms with Crippen molar-refractivity contribution < 1.29 is 78.4 Å². The second-order valence-electron chi connectivity index (χ2n) is 17.9. The average Bonchev–Trinajstić information content (AvgIpc) is 3.31. The Morgan fingerprint density at radius 2 is 1.28 bits per heavy atom. The molecule has 0 spiro atoms. The van der Waals surface area contributed by atoms with Crippen molar-refractivity contribution in [2.45, 2.75) is 210 Å². The van der Waals surface area contributed by atoms with Crippen LogP contribution in [-0.2, 0) is 32.7 Å². The third kappa shape index (κ3) is 25.9. The lowest BCUT2D eigenvalue weighted by atomic mass is 9.82. The Morgan fingerprint density at radius 3 is 1.91 bits per heavy atom. The molecule has 2 aliphatic rings. The number of phosphoric acid groups is 1. The molecule has 1 aliphatic heterocycles. The molecule has 9 N–H and O–H groups in total. The lowest BCUT2D eigenvalue weighted by Gasteiger charge is -2.37. The number of fused-ring (bicyclic) bond motifs is 4. The molecule has 1 aliphatic carbocycles. The Balaban J connectivity index is 2.16. The lowest BCUT2D eigenvalue weighted by Crippen LogP contribution is -2.55. The number of rotatable bonds is 22. The fourth-order valence-corrected chi connectivity index (χ4v) is 8.98. The van der Waals surface area contributed by atoms with E-state index >= 15 is 0 Å². The molecule has 1 saturated heterocycles. The highest BCUT2D eigenvalue weighted by Crippen LogP contribution is 2.47. The lowest BCUT2D eigenvalue weighted by molar-refractivity contribution is -0.167. The number of aliphatic hydroxyl groups is 8. The van der Waals surface area contributed by atoms with Crippen molar-refractivity contribution in [2.24, 2.45) is 11.8 Å². The average molecular weight is 985 g/mol. The predicted octanol–water partition coefficient (Wildman–Crippen LogP) is 6.66. The first-order valence-electron chi connectivity index (χ1n) is 25.0. The molecule has 0 aromatic heterocycles. The molecule has 0 radical (unpaired) electrons. The van der Waals surface area contributed by atoms with E-state index in [2.05, 4.69) is 43.4 Å². The Labute approximate surface area is 404 Å². The van der Waals surface area contributed by atoms with Crippen molar-refractivity contribution in [3.8, 4) is 0 Å². The van der Waals surface area contributed by atoms with Crippen LogP contribution >= 0.6 is 7.82 Å². The van der Waals surface area contributed by atoms with E-state index in [1.165, 1.54) is 31.4 Å². The third-order valence-electron chi connectivity index (χ3n) is 12.1. The number of esters is 2. The van der Waals surface area contributed by atoms with Gasteiger partial charge < -0.3 is 55.2 Å². The summed E-state index contributed by atoms with van der Waals surface area (Å²) in [5.41, 5.74) is 0. The number of carbonyl (C=O) groups excluding carboxylic acids is 2. The fraction of sp³-hybridized carbons (Fsp3) is 0.725. The van der Waals surface area contributed by atoms with Gasteiger partial charge in [0.2, 0.25) is 0 Å². The minimum absolute atomic E-state index is 0.0107. The molecule has 1 heterocycles. The zero-order valence-electron chi connectivity index (χ0n) is 40.4. The first kappa shape index (κ1) is 61.3. The number of aliphatic hydroxyl groups excluding tert-OH is 8. The third-order valence-corrected chi connectivity index (χ3v) is 13.1. The van der Waals surface area contributed by atoms with Crippen molar-refractivity contribution in [1.29, 1.82) is 0 Å². The van der Waals surface area contributed by atoms with Gasteiger partial charge >= 0.3 is 19.8 Å². The Bertz CT molecular complexity index is 1600. The number of unbranched alkanes of at least 4 members (excludes halogenated alkanes) is 5. The van der Waals surface area contributed by atoms with Gasteiger partial charge in [-0.1, -0.05) is 138 Å². The van der Waals surface area contributed by atoms with Crippen LogP contribution in [0, 0.1) is 11.8 Å². The van der Waals surface area contributed by atoms with Gasteiger partial charge in [0.1, 0.15) is 31.0 Å². The van der Waals surface area contributed by atoms with Crippen molar-refractivity contribution in [3.63, 3.8) is 0 Å². The summed E-state index contributed by atoms with van der Waals surface area (Å²) in [7, 11) is -5.46. The summed E-state index contributed by atoms with van der Waals surface area (Å²) in [6, 6.07) is 0. The topological polar surface area (TPSA) is 270 Å². The van der Waals surface area contributed by atoms with Gasteiger partial charge in [-0.25, -0.2) is 4.57 Å². The van der Waals surface area contributed by atoms with Gasteiger partial charge in [-0.2, -0.15) is 0 Å². The van der Waals surface area contributed by atoms with Gasteiger partial charge in [-0.3, -0.25) is 18.6 Å². The molecule has 68 heavy (non-hydrogen) atoms. The van der Waals surface area contributed by atoms with Gasteiger partial charge in [0.05, 0.1) is 37.1 Å². The number of cyclic esters (lactones) is 1. The van der Waals surface area contributed by atoms with Crippen molar-refractivity contribution in [1.82, 2.24) is 0 Å². The number of allylic oxidation sites excluding steroid dienone is 10. The standard InChI is InChI=1S/C51H85O16P/c1-3-5-7-8-9-10-11-12-13-14-15-16-17-18-19-20-21-22-28-32-45(56)66-39-36-64-44(55)31-27-24-23-26-30-40-42(53)35-43(54)41(34-33-38(52)29-25-6-4-2)47(58)49(60)51(50(61)48(59)46(40)57)67-68(62,63)65-37-39/h9-10,12-13,15-16,18-19,21-22,33-34,38-43,46-54,57-61H,3-8,11,14,17,20,23-32,35-37H2,1-2H3,(H,62,63)/b10-9-,13-12-,16-15-,19-18-,22-21-,34-33?/t38-,39+,40-,41-,42-,43+,46+,47+,48-,49+,50+,51+/m0/s1. The van der Waals surface area contributed by atoms with E-state index in [1.807, 2.05) is 25.2 Å². The van der Waals surface area contributed by atoms with Crippen molar-refractivity contribution in [3.05, 3.63) is 72.9 Å². The molecule has 16 nitrogen and oxygen atoms in total. The monoisotopic (exact) mass is 985 g/mol. The van der Waals surface area contributed by atoms with Crippen LogP contribution in [0.4, 0.5) is 0 Å². The molecule has 2 fully saturated rings. The Kier molecular flexibility index (Phi) is 32.6. The molecular weight excluding hydrogens is 900 g/mol. The molecule has 1 saturated carbocycles. The number of hydrogen-bond donors (Lipinski definition) is 9. The predicted molar refractivity (Wildman–Crippen MR) is 260 cm³/mol. The quantitative estimate of drug-likeness (QED) is 0.0238. The van der Waals surface area contributed by atoms with E-state index in [0.717, 1.165) is 38.5 Å². The minimum atomic E-state index is -5.46. The van der Waals surface area contributed by atoms with Crippen LogP contribution in [0.15, 0.2) is 72.9 Å². The van der Waals surface area contributed by atoms with E-state index in [4.69, 9.17) is 18.5 Å². The van der Waals surface area contributed by atoms with Crippen LogP contribution in [-0.4, -0.2) is 132 Å². The van der Waals surface area contributed by atoms with Crippen LogP contribution in [0.3, 0.4) is 0 Å². The van der Waals surface area contributed by atoms with Crippen LogP contribution in [0.5, 0.6) is 0 Å². The molecule has 1 unspecified atom stereocenters. The molecule has 2 rings (SSSR count). The van der Waals surface area contributed by atoms with Gasteiger partial charge in [0, 0.05) is 31.1 Å². The number of carbonyl (C=O) groups is 2. The van der Waals surface area contributed by atoms with E-state index in [0.29, 0.717) is 51.4 Å². The highest BCUT2D eigenvalue weighted by atomic mass is 31.2. The van der Waals surface area contributed by atoms with Crippen LogP contribution < -0.4 is 0 Å². The van der Waals surface area contributed by atoms with E-state index in [-0.39, 0.29) is 19.3 Å². The number of ether oxygens (including phenoxy) is 2. The highest BCUT2D eigenvalue weighted by Gasteiger charge is 2.49. The van der Waals surface area contributed by atoms with Gasteiger partial charge in [0.15, 0.2) is 6.10 Å². The minimum Gasteiger partial charge on any atom is -0.462 e. The molecule has 0 aromatic rings. The molecule has 0 aromatic carbocycles. The first-order chi connectivity index (χ1) is 32.6. The fourth-order valence-electron chi connectivity index (χ4n) is 8.01. The Morgan fingerprint density at radius 1 is 0.706 bits per heavy atom. The van der Waals surface area contributed by atoms with Gasteiger partial charge in [-0.05, 0) is 64.2 Å². The van der Waals surface area contributed by atoms with E-state index in [9.17, 15) is 59.9 Å². The van der Waals surface area contributed by atoms with Crippen LogP contribution in [0.2, 0.25) is 0 Å². The van der Waals surface area contributed by atoms with Crippen LogP contribution in [0.25, 0.3) is 0 Å². The summed E-state index contributed by atoms with van der Waals surface area (Å²) < 4.78 is 34.7. The maximum atomic E-state index is 13.5. The zero-order valence-corrected chi connectivity index (χ0v) is 41.3. The van der Waals surface area contributed by atoms with Crippen molar-refractivity contribution >= 4 is 19.8 Å². The van der Waals surface area contributed by atoms with Gasteiger partial charge in [0.25, 0.3) is 0 Å². The highest BCUT2D eigenvalue weighted by molar-refractivity contribution is 7.47. The van der Waals surface area contributed by atoms with E-state index in [1.54, 1.807) is 6.08 Å². The smallest absolute Gasteiger partial charge is 0.462 e. The maximum Gasteiger partial charge on any atom is 0.472 e. The second-order valence-corrected chi connectivity index (χ2v) is 19.3. The summed E-state index contributed by atoms with van der Waals surface area (Å²) in [5.74, 6) is -4.01. The van der Waals surface area contributed by atoms with Gasteiger partial charge in [-0.15, -0.1) is 0 Å². The largest absolute Gasteiger partial charge is 0.472 e. The molecular formula is C51H85O16P. The summed E-state index contributed by atoms with van der Waals surface area (Å²) in [5, 5.41) is 90.3. The molecule has 13 atom stereocenters. The molecule has 17 heteroatoms. The Hall–Kier alpha value is -2.83. The van der Waals surface area contributed by atoms with E-state index < -0.39 is 112 Å². The van der Waals surface area contributed by atoms with Crippen molar-refractivity contribution in [2.75, 3.05) is 13.2 Å². The second kappa shape index (κ2) is 36.1. The number of phosphoric ester groups is 1. The van der Waals surface area contributed by atoms with Crippen LogP contribution in [0.1, 0.15) is 149 Å². The SMILES string of the molecule is CCCCC/C=C\C/C=C\C/C=C\C/C=C\C/C=C\CCC(=O)O[C@@H]1COC(=O)CCCCCC[C@@H]2[C@@H](O)[C@H](O)[C@@H](O)[C@H](OP(=O)(O)OC1)[C@H](O)[C@H](O)[C@@H](C=C[C@@H](O)CCCCC)[C@H](O)C[C@@H]2O. The normalized spacial score (nSPS) is 32.0. The summed E-state index contributed by atoms with van der Waals surface area (Å²) in [4.78, 5) is 36.5. The maximum absolute atomic E-state index is 13.5. The first-order valence-corrected chi connectivity index (χ1v) is 26.5. The molecule has 0 amide bonds. The number of hydrogen-bond acceptors (Lipinski definition) is 15. The summed E-state index contributed by atoms with van der Waals surface area (Å²) in [6.45, 7) is 2.76. The molecule has 2 bridgehead atoms.